The van der Waals surface area contributed by atoms with Crippen molar-refractivity contribution in [2.24, 2.45) is 5.92 Å². The Bertz CT molecular complexity index is 856. The van der Waals surface area contributed by atoms with E-state index in [4.69, 9.17) is 21.1 Å². The molecule has 1 fully saturated rings. The highest BCUT2D eigenvalue weighted by atomic mass is 35.5. The Morgan fingerprint density at radius 1 is 1.19 bits per heavy atom. The molecule has 3 heterocycles. The van der Waals surface area contributed by atoms with E-state index in [-0.39, 0.29) is 18.2 Å². The van der Waals surface area contributed by atoms with E-state index < -0.39 is 5.92 Å². The van der Waals surface area contributed by atoms with Crippen LogP contribution in [0.4, 0.5) is 11.5 Å². The summed E-state index contributed by atoms with van der Waals surface area (Å²) in [6.07, 6.45) is 1.60. The first-order valence-electron chi connectivity index (χ1n) is 8.22. The molecular weight excluding hydrogens is 358 g/mol. The topological polar surface area (TPSA) is 80.8 Å². The molecule has 1 atom stereocenters. The Hall–Kier alpha value is -2.80. The van der Waals surface area contributed by atoms with Crippen LogP contribution in [0.5, 0.6) is 11.5 Å². The second-order valence-electron chi connectivity index (χ2n) is 6.08. The van der Waals surface area contributed by atoms with Gasteiger partial charge in [-0.25, -0.2) is 4.98 Å². The smallest absolute Gasteiger partial charge is 0.230 e. The van der Waals surface area contributed by atoms with Gasteiger partial charge >= 0.3 is 0 Å². The van der Waals surface area contributed by atoms with Crippen LogP contribution in [0.1, 0.15) is 6.42 Å². The molecule has 2 aliphatic heterocycles. The van der Waals surface area contributed by atoms with Crippen molar-refractivity contribution in [2.45, 2.75) is 6.42 Å². The van der Waals surface area contributed by atoms with E-state index in [1.54, 1.807) is 35.2 Å². The monoisotopic (exact) mass is 373 g/mol. The Balaban J connectivity index is 1.46. The van der Waals surface area contributed by atoms with Gasteiger partial charge in [-0.15, -0.1) is 0 Å². The number of ether oxygens (including phenoxy) is 2. The number of aromatic nitrogens is 1. The lowest BCUT2D eigenvalue weighted by atomic mass is 10.1. The fourth-order valence-corrected chi connectivity index (χ4v) is 3.12. The number of rotatable bonds is 3. The van der Waals surface area contributed by atoms with E-state index in [0.717, 1.165) is 0 Å². The highest BCUT2D eigenvalue weighted by Gasteiger charge is 2.35. The number of benzene rings is 1. The fourth-order valence-electron chi connectivity index (χ4n) is 3.01. The molecule has 0 spiro atoms. The lowest BCUT2D eigenvalue weighted by Crippen LogP contribution is -2.28. The maximum absolute atomic E-state index is 12.4. The molecule has 1 saturated heterocycles. The first-order chi connectivity index (χ1) is 12.6. The molecule has 134 valence electrons. The molecule has 2 aromatic rings. The van der Waals surface area contributed by atoms with Crippen LogP contribution in [0.2, 0.25) is 5.02 Å². The highest BCUT2D eigenvalue weighted by molar-refractivity contribution is 6.30. The molecule has 7 nitrogen and oxygen atoms in total. The SMILES string of the molecule is O=C(Nc1ccc(Cl)cn1)[C@H]1CC(=O)N(c2ccc3c(c2)OCCO3)C1. The first-order valence-corrected chi connectivity index (χ1v) is 8.60. The fraction of sp³-hybridized carbons (Fsp3) is 0.278. The molecule has 1 N–H and O–H groups in total. The lowest BCUT2D eigenvalue weighted by molar-refractivity contribution is -0.122. The maximum Gasteiger partial charge on any atom is 0.230 e. The third-order valence-electron chi connectivity index (χ3n) is 4.31. The van der Waals surface area contributed by atoms with Gasteiger partial charge in [-0.05, 0) is 24.3 Å². The average Bonchev–Trinajstić information content (AvgIpc) is 3.05. The van der Waals surface area contributed by atoms with Gasteiger partial charge in [-0.3, -0.25) is 9.59 Å². The van der Waals surface area contributed by atoms with E-state index in [2.05, 4.69) is 10.3 Å². The minimum atomic E-state index is -0.451. The number of fused-ring (bicyclic) bond motifs is 1. The van der Waals surface area contributed by atoms with Gasteiger partial charge in [0.2, 0.25) is 11.8 Å². The van der Waals surface area contributed by atoms with E-state index in [1.807, 2.05) is 0 Å². The number of amides is 2. The van der Waals surface area contributed by atoms with Crippen LogP contribution in [0.15, 0.2) is 36.5 Å². The van der Waals surface area contributed by atoms with Gasteiger partial charge in [0.15, 0.2) is 11.5 Å². The van der Waals surface area contributed by atoms with Crippen molar-refractivity contribution in [3.63, 3.8) is 0 Å². The van der Waals surface area contributed by atoms with Crippen LogP contribution in [-0.2, 0) is 9.59 Å². The second-order valence-corrected chi connectivity index (χ2v) is 6.52. The van der Waals surface area contributed by atoms with Gasteiger partial charge in [0.25, 0.3) is 0 Å². The summed E-state index contributed by atoms with van der Waals surface area (Å²) in [5.41, 5.74) is 0.694. The number of anilines is 2. The molecule has 0 bridgehead atoms. The molecule has 1 aromatic carbocycles. The Kier molecular flexibility index (Phi) is 4.38. The number of hydrogen-bond acceptors (Lipinski definition) is 5. The molecule has 8 heteroatoms. The molecule has 2 aliphatic rings. The summed E-state index contributed by atoms with van der Waals surface area (Å²) in [6, 6.07) is 8.61. The summed E-state index contributed by atoms with van der Waals surface area (Å²) in [5, 5.41) is 3.21. The van der Waals surface area contributed by atoms with Gasteiger partial charge in [-0.2, -0.15) is 0 Å². The lowest BCUT2D eigenvalue weighted by Gasteiger charge is -2.22. The Labute approximate surface area is 154 Å². The molecule has 26 heavy (non-hydrogen) atoms. The number of carbonyl (C=O) groups is 2. The third-order valence-corrected chi connectivity index (χ3v) is 4.54. The van der Waals surface area contributed by atoms with Crippen LogP contribution in [-0.4, -0.2) is 36.6 Å². The zero-order valence-corrected chi connectivity index (χ0v) is 14.5. The number of carbonyl (C=O) groups excluding carboxylic acids is 2. The van der Waals surface area contributed by atoms with Crippen LogP contribution >= 0.6 is 11.6 Å². The second kappa shape index (κ2) is 6.84. The maximum atomic E-state index is 12.4. The highest BCUT2D eigenvalue weighted by Crippen LogP contribution is 2.36. The third kappa shape index (κ3) is 3.30. The summed E-state index contributed by atoms with van der Waals surface area (Å²) in [7, 11) is 0. The van der Waals surface area contributed by atoms with Crippen LogP contribution in [0, 0.1) is 5.92 Å². The van der Waals surface area contributed by atoms with Crippen molar-refractivity contribution in [3.05, 3.63) is 41.6 Å². The van der Waals surface area contributed by atoms with Crippen LogP contribution < -0.4 is 19.7 Å². The van der Waals surface area contributed by atoms with Gasteiger partial charge < -0.3 is 19.7 Å². The van der Waals surface area contributed by atoms with Gasteiger partial charge in [-0.1, -0.05) is 11.6 Å². The molecule has 0 unspecified atom stereocenters. The Morgan fingerprint density at radius 2 is 2.00 bits per heavy atom. The summed E-state index contributed by atoms with van der Waals surface area (Å²) in [4.78, 5) is 30.5. The van der Waals surface area contributed by atoms with Crippen LogP contribution in [0.3, 0.4) is 0 Å². The molecule has 0 radical (unpaired) electrons. The van der Waals surface area contributed by atoms with Crippen molar-refractivity contribution >= 4 is 34.9 Å². The van der Waals surface area contributed by atoms with Crippen LogP contribution in [0.25, 0.3) is 0 Å². The minimum absolute atomic E-state index is 0.106. The van der Waals surface area contributed by atoms with Gasteiger partial charge in [0.1, 0.15) is 19.0 Å². The van der Waals surface area contributed by atoms with E-state index in [1.165, 1.54) is 6.20 Å². The van der Waals surface area contributed by atoms with Crippen molar-refractivity contribution in [1.29, 1.82) is 0 Å². The number of halogens is 1. The Morgan fingerprint density at radius 3 is 2.77 bits per heavy atom. The van der Waals surface area contributed by atoms with Crippen molar-refractivity contribution < 1.29 is 19.1 Å². The average molecular weight is 374 g/mol. The molecule has 2 amide bonds. The van der Waals surface area contributed by atoms with Crippen molar-refractivity contribution in [2.75, 3.05) is 30.0 Å². The predicted molar refractivity (Wildman–Crippen MR) is 95.8 cm³/mol. The standard InChI is InChI=1S/C18H16ClN3O4/c19-12-1-4-16(20-9-12)21-18(24)11-7-17(23)22(10-11)13-2-3-14-15(8-13)26-6-5-25-14/h1-4,8-9,11H,5-7,10H2,(H,20,21,24)/t11-/m0/s1. The summed E-state index contributed by atoms with van der Waals surface area (Å²) in [6.45, 7) is 1.29. The number of nitrogens with zero attached hydrogens (tertiary/aromatic N) is 2. The zero-order chi connectivity index (χ0) is 18.1. The minimum Gasteiger partial charge on any atom is -0.486 e. The summed E-state index contributed by atoms with van der Waals surface area (Å²) in [5.74, 6) is 0.881. The quantitative estimate of drug-likeness (QED) is 0.894. The van der Waals surface area contributed by atoms with E-state index >= 15 is 0 Å². The van der Waals surface area contributed by atoms with E-state index in [0.29, 0.717) is 47.8 Å². The number of pyridine rings is 1. The van der Waals surface area contributed by atoms with Gasteiger partial charge in [0.05, 0.1) is 10.9 Å². The molecule has 1 aromatic heterocycles. The zero-order valence-electron chi connectivity index (χ0n) is 13.8. The van der Waals surface area contributed by atoms with E-state index in [9.17, 15) is 9.59 Å². The summed E-state index contributed by atoms with van der Waals surface area (Å²) >= 11 is 5.79. The van der Waals surface area contributed by atoms with Crippen molar-refractivity contribution in [3.8, 4) is 11.5 Å². The van der Waals surface area contributed by atoms with Crippen molar-refractivity contribution in [1.82, 2.24) is 4.98 Å². The molecule has 4 rings (SSSR count). The molecular formula is C18H16ClN3O4. The predicted octanol–water partition coefficient (Wildman–Crippen LogP) is 2.50. The normalized spacial score (nSPS) is 18.7. The van der Waals surface area contributed by atoms with Gasteiger partial charge in [0, 0.05) is 30.9 Å². The first kappa shape index (κ1) is 16.7. The number of hydrogen-bond donors (Lipinski definition) is 1. The molecule has 0 aliphatic carbocycles. The summed E-state index contributed by atoms with van der Waals surface area (Å²) < 4.78 is 11.1. The molecule has 0 saturated carbocycles. The largest absolute Gasteiger partial charge is 0.486 e. The number of nitrogens with one attached hydrogen (secondary N) is 1.